The van der Waals surface area contributed by atoms with Gasteiger partial charge < -0.3 is 14.4 Å². The Bertz CT molecular complexity index is 806. The van der Waals surface area contributed by atoms with Gasteiger partial charge in [0.25, 0.3) is 0 Å². The number of anilines is 2. The molecule has 0 N–H and O–H groups in total. The highest BCUT2D eigenvalue weighted by Gasteiger charge is 2.37. The number of halogens is 3. The molecule has 1 heterocycles. The third-order valence-corrected chi connectivity index (χ3v) is 4.52. The molecule has 3 rings (SSSR count). The number of benzene rings is 1. The Morgan fingerprint density at radius 2 is 1.82 bits per heavy atom. The minimum absolute atomic E-state index is 0.0515. The number of para-hydroxylation sites is 2. The smallest absolute Gasteiger partial charge is 0.423 e. The first-order valence-corrected chi connectivity index (χ1v) is 9.36. The summed E-state index contributed by atoms with van der Waals surface area (Å²) in [4.78, 5) is 9.65. The van der Waals surface area contributed by atoms with Crippen molar-refractivity contribution >= 4 is 11.6 Å². The first-order chi connectivity index (χ1) is 13.3. The van der Waals surface area contributed by atoms with E-state index in [0.29, 0.717) is 11.4 Å². The highest BCUT2D eigenvalue weighted by Crippen LogP contribution is 2.38. The molecule has 1 aromatic carbocycles. The first-order valence-electron chi connectivity index (χ1n) is 9.36. The van der Waals surface area contributed by atoms with Crippen LogP contribution in [-0.4, -0.2) is 29.2 Å². The van der Waals surface area contributed by atoms with E-state index in [2.05, 4.69) is 9.97 Å². The Hall–Kier alpha value is -2.51. The van der Waals surface area contributed by atoms with E-state index in [-0.39, 0.29) is 18.2 Å². The van der Waals surface area contributed by atoms with Crippen molar-refractivity contribution in [1.82, 2.24) is 9.97 Å². The second-order valence-corrected chi connectivity index (χ2v) is 7.10. The fourth-order valence-electron chi connectivity index (χ4n) is 3.16. The van der Waals surface area contributed by atoms with Gasteiger partial charge in [0.15, 0.2) is 0 Å². The highest BCUT2D eigenvalue weighted by molar-refractivity contribution is 5.65. The molecule has 0 amide bonds. The van der Waals surface area contributed by atoms with Gasteiger partial charge in [-0.15, -0.1) is 0 Å². The quantitative estimate of drug-likeness (QED) is 0.658. The molecule has 0 aliphatic heterocycles. The average molecular weight is 395 g/mol. The molecule has 0 spiro atoms. The molecule has 152 valence electrons. The maximum absolute atomic E-state index is 13.4. The largest absolute Gasteiger partial charge is 0.489 e. The van der Waals surface area contributed by atoms with Crippen LogP contribution in [0.4, 0.5) is 24.8 Å². The van der Waals surface area contributed by atoms with E-state index in [1.807, 2.05) is 26.0 Å². The predicted octanol–water partition coefficient (Wildman–Crippen LogP) is 5.37. The lowest BCUT2D eigenvalue weighted by Crippen LogP contribution is -2.20. The van der Waals surface area contributed by atoms with Gasteiger partial charge in [-0.1, -0.05) is 12.1 Å². The third kappa shape index (κ3) is 4.66. The Morgan fingerprint density at radius 3 is 2.46 bits per heavy atom. The zero-order chi connectivity index (χ0) is 20.3. The van der Waals surface area contributed by atoms with Gasteiger partial charge in [-0.05, 0) is 51.7 Å². The molecule has 5 nitrogen and oxygen atoms in total. The summed E-state index contributed by atoms with van der Waals surface area (Å²) < 4.78 is 51.6. The summed E-state index contributed by atoms with van der Waals surface area (Å²) in [5, 5.41) is 0. The molecule has 0 saturated heterocycles. The van der Waals surface area contributed by atoms with E-state index < -0.39 is 17.6 Å². The number of nitrogens with zero attached hydrogens (tertiary/aromatic N) is 3. The topological polar surface area (TPSA) is 47.5 Å². The molecule has 1 saturated carbocycles. The molecule has 0 unspecified atom stereocenters. The lowest BCUT2D eigenvalue weighted by Gasteiger charge is -2.23. The summed E-state index contributed by atoms with van der Waals surface area (Å²) in [6.07, 6.45) is -0.725. The lowest BCUT2D eigenvalue weighted by atomic mass is 10.2. The normalized spacial score (nSPS) is 15.1. The molecule has 28 heavy (non-hydrogen) atoms. The third-order valence-electron chi connectivity index (χ3n) is 4.52. The molecule has 0 radical (unpaired) electrons. The molecule has 1 fully saturated rings. The van der Waals surface area contributed by atoms with E-state index >= 15 is 0 Å². The standard InChI is InChI=1S/C20H24F3N3O2/c1-13(2)27-17-11-7-6-10-16(17)26(3)19-24-12-15(20(21,22)23)18(25-19)28-14-8-4-5-9-14/h6-7,10-14H,4-5,8-9H2,1-3H3. The van der Waals surface area contributed by atoms with Gasteiger partial charge in [-0.2, -0.15) is 18.2 Å². The van der Waals surface area contributed by atoms with Gasteiger partial charge in [0.2, 0.25) is 11.8 Å². The van der Waals surface area contributed by atoms with Crippen molar-refractivity contribution in [3.05, 3.63) is 36.0 Å². The average Bonchev–Trinajstić information content (AvgIpc) is 3.13. The van der Waals surface area contributed by atoms with Crippen molar-refractivity contribution in [3.63, 3.8) is 0 Å². The predicted molar refractivity (Wildman–Crippen MR) is 100 cm³/mol. The maximum atomic E-state index is 13.4. The summed E-state index contributed by atoms with van der Waals surface area (Å²) in [7, 11) is 1.68. The summed E-state index contributed by atoms with van der Waals surface area (Å²) in [5.74, 6) is 0.293. The number of alkyl halides is 3. The molecular formula is C20H24F3N3O2. The Balaban J connectivity index is 1.95. The van der Waals surface area contributed by atoms with E-state index in [4.69, 9.17) is 9.47 Å². The fourth-order valence-corrected chi connectivity index (χ4v) is 3.16. The number of hydrogen-bond donors (Lipinski definition) is 0. The minimum Gasteiger partial charge on any atom is -0.489 e. The Kier molecular flexibility index (Phi) is 5.96. The summed E-state index contributed by atoms with van der Waals surface area (Å²) in [6.45, 7) is 3.80. The van der Waals surface area contributed by atoms with Crippen LogP contribution in [0.2, 0.25) is 0 Å². The Morgan fingerprint density at radius 1 is 1.14 bits per heavy atom. The zero-order valence-electron chi connectivity index (χ0n) is 16.2. The van der Waals surface area contributed by atoms with E-state index in [0.717, 1.165) is 31.9 Å². The lowest BCUT2D eigenvalue weighted by molar-refractivity contribution is -0.139. The van der Waals surface area contributed by atoms with Crippen LogP contribution in [0.5, 0.6) is 11.6 Å². The number of hydrogen-bond acceptors (Lipinski definition) is 5. The van der Waals surface area contributed by atoms with Crippen molar-refractivity contribution in [2.75, 3.05) is 11.9 Å². The maximum Gasteiger partial charge on any atom is 0.423 e. The molecular weight excluding hydrogens is 371 g/mol. The van der Waals surface area contributed by atoms with Crippen LogP contribution in [0.15, 0.2) is 30.5 Å². The van der Waals surface area contributed by atoms with Gasteiger partial charge >= 0.3 is 6.18 Å². The van der Waals surface area contributed by atoms with Crippen LogP contribution in [-0.2, 0) is 6.18 Å². The fraction of sp³-hybridized carbons (Fsp3) is 0.500. The van der Waals surface area contributed by atoms with E-state index in [1.165, 1.54) is 0 Å². The molecule has 2 aromatic rings. The van der Waals surface area contributed by atoms with Crippen molar-refractivity contribution in [1.29, 1.82) is 0 Å². The minimum atomic E-state index is -4.58. The van der Waals surface area contributed by atoms with Crippen LogP contribution in [0.3, 0.4) is 0 Å². The van der Waals surface area contributed by atoms with Crippen LogP contribution in [0, 0.1) is 0 Å². The van der Waals surface area contributed by atoms with Crippen molar-refractivity contribution in [2.24, 2.45) is 0 Å². The van der Waals surface area contributed by atoms with Crippen LogP contribution in [0.25, 0.3) is 0 Å². The summed E-state index contributed by atoms with van der Waals surface area (Å²) in [6, 6.07) is 7.25. The SMILES string of the molecule is CC(C)Oc1ccccc1N(C)c1ncc(C(F)(F)F)c(OC2CCCC2)n1. The van der Waals surface area contributed by atoms with Gasteiger partial charge in [0, 0.05) is 13.2 Å². The van der Waals surface area contributed by atoms with E-state index in [9.17, 15) is 13.2 Å². The zero-order valence-corrected chi connectivity index (χ0v) is 16.2. The van der Waals surface area contributed by atoms with Gasteiger partial charge in [0.1, 0.15) is 17.4 Å². The van der Waals surface area contributed by atoms with E-state index in [1.54, 1.807) is 24.1 Å². The van der Waals surface area contributed by atoms with Crippen LogP contribution < -0.4 is 14.4 Å². The Labute approximate surface area is 162 Å². The van der Waals surface area contributed by atoms with Crippen molar-refractivity contribution in [2.45, 2.75) is 57.9 Å². The molecule has 8 heteroatoms. The van der Waals surface area contributed by atoms with Crippen LogP contribution >= 0.6 is 0 Å². The first kappa shape index (κ1) is 20.2. The number of ether oxygens (including phenoxy) is 2. The molecule has 1 aliphatic carbocycles. The monoisotopic (exact) mass is 395 g/mol. The number of rotatable bonds is 6. The molecule has 0 atom stereocenters. The summed E-state index contributed by atoms with van der Waals surface area (Å²) >= 11 is 0. The van der Waals surface area contributed by atoms with Crippen molar-refractivity contribution in [3.8, 4) is 11.6 Å². The molecule has 1 aromatic heterocycles. The van der Waals surface area contributed by atoms with Gasteiger partial charge in [-0.3, -0.25) is 0 Å². The summed E-state index contributed by atoms with van der Waals surface area (Å²) in [5.41, 5.74) is -0.300. The van der Waals surface area contributed by atoms with Crippen LogP contribution in [0.1, 0.15) is 45.1 Å². The van der Waals surface area contributed by atoms with Gasteiger partial charge in [0.05, 0.1) is 11.8 Å². The second kappa shape index (κ2) is 8.24. The van der Waals surface area contributed by atoms with Crippen molar-refractivity contribution < 1.29 is 22.6 Å². The second-order valence-electron chi connectivity index (χ2n) is 7.10. The molecule has 0 bridgehead atoms. The highest BCUT2D eigenvalue weighted by atomic mass is 19.4. The number of aromatic nitrogens is 2. The van der Waals surface area contributed by atoms with Gasteiger partial charge in [-0.25, -0.2) is 4.98 Å². The molecule has 1 aliphatic rings.